The van der Waals surface area contributed by atoms with Crippen LogP contribution in [0.1, 0.15) is 63.0 Å². The van der Waals surface area contributed by atoms with Gasteiger partial charge in [-0.05, 0) is 89.1 Å². The van der Waals surface area contributed by atoms with Crippen LogP contribution >= 0.6 is 0 Å². The number of ether oxygens (including phenoxy) is 2. The number of nitrogens with zero attached hydrogens (tertiary/aromatic N) is 1. The van der Waals surface area contributed by atoms with Crippen molar-refractivity contribution in [2.24, 2.45) is 7.05 Å². The van der Waals surface area contributed by atoms with E-state index in [9.17, 15) is 23.0 Å². The van der Waals surface area contributed by atoms with Crippen LogP contribution in [0.3, 0.4) is 0 Å². The van der Waals surface area contributed by atoms with Gasteiger partial charge in [-0.3, -0.25) is 14.4 Å². The number of carbonyl (C=O) groups is 2. The lowest BCUT2D eigenvalue weighted by molar-refractivity contribution is -0.156. The van der Waals surface area contributed by atoms with Crippen molar-refractivity contribution < 1.29 is 32.1 Å². The summed E-state index contributed by atoms with van der Waals surface area (Å²) in [5.41, 5.74) is -0.427. The number of benzene rings is 2. The van der Waals surface area contributed by atoms with E-state index >= 15 is 4.39 Å². The average molecular weight is 603 g/mol. The van der Waals surface area contributed by atoms with Crippen LogP contribution in [0.25, 0.3) is 11.1 Å². The maximum Gasteiger partial charge on any atom is 0.324 e. The third-order valence-corrected chi connectivity index (χ3v) is 7.78. The molecule has 1 N–H and O–H groups in total. The second-order valence-electron chi connectivity index (χ2n) is 11.8. The maximum absolute atomic E-state index is 15.1. The van der Waals surface area contributed by atoms with Crippen LogP contribution in [0.4, 0.5) is 8.78 Å². The molecular weight excluding hydrogens is 566 g/mol. The Labute approximate surface area is 246 Å². The molecule has 1 unspecified atom stereocenters. The van der Waals surface area contributed by atoms with Gasteiger partial charge in [-0.1, -0.05) is 0 Å². The van der Waals surface area contributed by atoms with Crippen molar-refractivity contribution in [1.82, 2.24) is 9.29 Å². The highest BCUT2D eigenvalue weighted by Gasteiger charge is 2.32. The van der Waals surface area contributed by atoms with E-state index in [0.717, 1.165) is 18.2 Å². The Morgan fingerprint density at radius 1 is 1.00 bits per heavy atom. The van der Waals surface area contributed by atoms with Crippen LogP contribution in [-0.2, 0) is 34.0 Å². The molecule has 0 saturated carbocycles. The lowest BCUT2D eigenvalue weighted by Crippen LogP contribution is -2.47. The average Bonchev–Trinajstić information content (AvgIpc) is 2.88. The summed E-state index contributed by atoms with van der Waals surface area (Å²) in [4.78, 5) is 39.7. The fourth-order valence-corrected chi connectivity index (χ4v) is 4.82. The summed E-state index contributed by atoms with van der Waals surface area (Å²) in [6, 6.07) is 7.37. The molecule has 0 aliphatic rings. The van der Waals surface area contributed by atoms with E-state index in [-0.39, 0.29) is 40.0 Å². The standard InChI is InChI=1S/C31H36F2N2O6S/c1-30(2,3)41-29(38)25(34-42(39)31(4,5)6)13-19-14-27(36)35(7)17-23(19)21-15-24(33)26(40-8)16-22(21)28(37)18-9-11-20(32)12-10-18/h9-12,14-17,25,34H,13H2,1-8H3/t25?,42-/m0/s1. The van der Waals surface area contributed by atoms with Crippen LogP contribution < -0.4 is 15.0 Å². The zero-order valence-electron chi connectivity index (χ0n) is 25.0. The lowest BCUT2D eigenvalue weighted by Gasteiger charge is -2.27. The smallest absolute Gasteiger partial charge is 0.324 e. The number of aromatic nitrogens is 1. The van der Waals surface area contributed by atoms with Gasteiger partial charge in [-0.25, -0.2) is 17.7 Å². The molecule has 11 heteroatoms. The Kier molecular flexibility index (Phi) is 9.89. The van der Waals surface area contributed by atoms with E-state index in [1.54, 1.807) is 41.5 Å². The summed E-state index contributed by atoms with van der Waals surface area (Å²) in [6.07, 6.45) is 1.27. The first-order chi connectivity index (χ1) is 19.4. The van der Waals surface area contributed by atoms with E-state index in [4.69, 9.17) is 9.47 Å². The van der Waals surface area contributed by atoms with E-state index in [1.807, 2.05) is 0 Å². The largest absolute Gasteiger partial charge is 0.494 e. The Hall–Kier alpha value is -3.70. The van der Waals surface area contributed by atoms with Gasteiger partial charge in [0, 0.05) is 42.4 Å². The van der Waals surface area contributed by atoms with Gasteiger partial charge < -0.3 is 14.0 Å². The number of ketones is 1. The molecule has 1 heterocycles. The first kappa shape index (κ1) is 32.8. The number of pyridine rings is 1. The number of rotatable bonds is 9. The van der Waals surface area contributed by atoms with Crippen LogP contribution in [0.15, 0.2) is 53.5 Å². The Balaban J connectivity index is 2.24. The minimum Gasteiger partial charge on any atom is -0.494 e. The van der Waals surface area contributed by atoms with Crippen LogP contribution in [0.2, 0.25) is 0 Å². The summed E-state index contributed by atoms with van der Waals surface area (Å²) < 4.78 is 55.8. The van der Waals surface area contributed by atoms with Crippen molar-refractivity contribution in [2.75, 3.05) is 7.11 Å². The normalized spacial score (nSPS) is 13.4. The zero-order valence-corrected chi connectivity index (χ0v) is 25.8. The highest BCUT2D eigenvalue weighted by molar-refractivity contribution is 7.84. The quantitative estimate of drug-likeness (QED) is 0.277. The molecule has 0 spiro atoms. The molecule has 0 aliphatic carbocycles. The SMILES string of the molecule is COc1cc(C(=O)c2ccc(F)cc2)c(-c2cn(C)c(=O)cc2CC(N[S@@](=O)C(C)(C)C)C(=O)OC(C)(C)C)cc1F. The lowest BCUT2D eigenvalue weighted by atomic mass is 9.90. The first-order valence-corrected chi connectivity index (χ1v) is 14.3. The molecule has 0 saturated heterocycles. The summed E-state index contributed by atoms with van der Waals surface area (Å²) in [6.45, 7) is 10.3. The van der Waals surface area contributed by atoms with Gasteiger partial charge in [0.2, 0.25) is 0 Å². The van der Waals surface area contributed by atoms with Crippen molar-refractivity contribution in [3.63, 3.8) is 0 Å². The molecule has 8 nitrogen and oxygen atoms in total. The second kappa shape index (κ2) is 12.7. The van der Waals surface area contributed by atoms with Gasteiger partial charge in [0.15, 0.2) is 17.3 Å². The van der Waals surface area contributed by atoms with E-state index in [1.165, 1.54) is 49.2 Å². The Bertz CT molecular complexity index is 1570. The summed E-state index contributed by atoms with van der Waals surface area (Å²) >= 11 is 0. The number of hydrogen-bond donors (Lipinski definition) is 1. The number of nitrogens with one attached hydrogen (secondary N) is 1. The maximum atomic E-state index is 15.1. The minimum absolute atomic E-state index is 0.0276. The van der Waals surface area contributed by atoms with E-state index in [2.05, 4.69) is 4.72 Å². The van der Waals surface area contributed by atoms with Gasteiger partial charge in [-0.2, -0.15) is 0 Å². The third kappa shape index (κ3) is 7.98. The molecule has 0 aliphatic heterocycles. The molecule has 0 fully saturated rings. The van der Waals surface area contributed by atoms with Gasteiger partial charge in [0.1, 0.15) is 17.5 Å². The number of halogens is 2. The molecule has 226 valence electrons. The fourth-order valence-electron chi connectivity index (χ4n) is 4.03. The number of esters is 1. The highest BCUT2D eigenvalue weighted by Crippen LogP contribution is 2.34. The minimum atomic E-state index is -1.69. The first-order valence-electron chi connectivity index (χ1n) is 13.2. The van der Waals surface area contributed by atoms with E-state index in [0.29, 0.717) is 0 Å². The molecule has 0 amide bonds. The molecule has 3 aromatic rings. The molecule has 2 aromatic carbocycles. The van der Waals surface area contributed by atoms with Crippen LogP contribution in [0, 0.1) is 11.6 Å². The molecule has 3 rings (SSSR count). The molecule has 42 heavy (non-hydrogen) atoms. The summed E-state index contributed by atoms with van der Waals surface area (Å²) in [5, 5.41) is 0. The molecule has 2 atom stereocenters. The topological polar surface area (TPSA) is 104 Å². The Morgan fingerprint density at radius 3 is 2.17 bits per heavy atom. The molecule has 0 radical (unpaired) electrons. The van der Waals surface area contributed by atoms with Crippen molar-refractivity contribution in [1.29, 1.82) is 0 Å². The number of methoxy groups -OCH3 is 1. The Morgan fingerprint density at radius 2 is 1.62 bits per heavy atom. The molecular formula is C31H36F2N2O6S. The zero-order chi connectivity index (χ0) is 31.6. The number of aryl methyl sites for hydroxylation is 1. The van der Waals surface area contributed by atoms with Crippen LogP contribution in [-0.4, -0.2) is 44.0 Å². The van der Waals surface area contributed by atoms with Gasteiger partial charge in [-0.15, -0.1) is 0 Å². The number of carbonyl (C=O) groups excluding carboxylic acids is 2. The predicted molar refractivity (Wildman–Crippen MR) is 158 cm³/mol. The second-order valence-corrected chi connectivity index (χ2v) is 13.8. The van der Waals surface area contributed by atoms with Crippen LogP contribution in [0.5, 0.6) is 5.75 Å². The summed E-state index contributed by atoms with van der Waals surface area (Å²) in [7, 11) is 1.06. The van der Waals surface area contributed by atoms with Gasteiger partial charge >= 0.3 is 5.97 Å². The fraction of sp³-hybridized carbons (Fsp3) is 0.387. The highest BCUT2D eigenvalue weighted by atomic mass is 32.2. The van der Waals surface area contributed by atoms with Gasteiger partial charge in [0.05, 0.1) is 22.8 Å². The molecule has 1 aromatic heterocycles. The number of hydrogen-bond acceptors (Lipinski definition) is 6. The van der Waals surface area contributed by atoms with E-state index < -0.39 is 56.3 Å². The van der Waals surface area contributed by atoms with Gasteiger partial charge in [0.25, 0.3) is 5.56 Å². The van der Waals surface area contributed by atoms with Crippen molar-refractivity contribution in [2.45, 2.75) is 64.4 Å². The molecule has 0 bridgehead atoms. The monoisotopic (exact) mass is 602 g/mol. The van der Waals surface area contributed by atoms with Crippen molar-refractivity contribution in [3.8, 4) is 16.9 Å². The predicted octanol–water partition coefficient (Wildman–Crippen LogP) is 4.87. The summed E-state index contributed by atoms with van der Waals surface area (Å²) in [5.74, 6) is -2.73. The van der Waals surface area contributed by atoms with Crippen molar-refractivity contribution >= 4 is 22.7 Å². The third-order valence-electron chi connectivity index (χ3n) is 6.17. The van der Waals surface area contributed by atoms with Crippen molar-refractivity contribution in [3.05, 3.63) is 87.3 Å².